The van der Waals surface area contributed by atoms with E-state index in [9.17, 15) is 4.39 Å². The van der Waals surface area contributed by atoms with Gasteiger partial charge in [-0.25, -0.2) is 4.39 Å². The topological polar surface area (TPSA) is 35.2 Å². The molecule has 0 saturated carbocycles. The Bertz CT molecular complexity index is 661. The number of hydrogen-bond donors (Lipinski definition) is 1. The molecule has 0 unspecified atom stereocenters. The molecule has 0 heterocycles. The van der Waals surface area contributed by atoms with Crippen LogP contribution in [0.2, 0.25) is 5.02 Å². The third kappa shape index (κ3) is 3.99. The Morgan fingerprint density at radius 2 is 2.05 bits per heavy atom. The minimum absolute atomic E-state index is 0.254. The molecule has 0 aliphatic heterocycles. The van der Waals surface area contributed by atoms with Gasteiger partial charge in [0.1, 0.15) is 18.2 Å². The molecule has 0 aliphatic carbocycles. The van der Waals surface area contributed by atoms with E-state index in [0.29, 0.717) is 18.9 Å². The number of nitrogens with two attached hydrogens (primary N) is 1. The number of benzene rings is 2. The molecule has 0 atom stereocenters. The first-order valence-electron chi connectivity index (χ1n) is 6.05. The summed E-state index contributed by atoms with van der Waals surface area (Å²) in [4.78, 5) is 0. The largest absolute Gasteiger partial charge is 0.487 e. The van der Waals surface area contributed by atoms with E-state index in [4.69, 9.17) is 22.1 Å². The van der Waals surface area contributed by atoms with Gasteiger partial charge in [-0.3, -0.25) is 0 Å². The van der Waals surface area contributed by atoms with Crippen molar-refractivity contribution < 1.29 is 9.13 Å². The van der Waals surface area contributed by atoms with Gasteiger partial charge in [-0.15, -0.1) is 0 Å². The Labute approximate surface area is 122 Å². The van der Waals surface area contributed by atoms with Crippen LogP contribution >= 0.6 is 11.6 Å². The quantitative estimate of drug-likeness (QED) is 0.879. The monoisotopic (exact) mass is 289 g/mol. The van der Waals surface area contributed by atoms with Crippen LogP contribution in [0, 0.1) is 17.7 Å². The van der Waals surface area contributed by atoms with Gasteiger partial charge in [-0.1, -0.05) is 35.6 Å². The van der Waals surface area contributed by atoms with Crippen LogP contribution in [0.15, 0.2) is 42.5 Å². The van der Waals surface area contributed by atoms with Crippen molar-refractivity contribution in [3.05, 3.63) is 64.4 Å². The molecule has 20 heavy (non-hydrogen) atoms. The minimum Gasteiger partial charge on any atom is -0.487 e. The highest BCUT2D eigenvalue weighted by molar-refractivity contribution is 6.32. The Morgan fingerprint density at radius 3 is 2.80 bits per heavy atom. The fraction of sp³-hybridized carbons (Fsp3) is 0.125. The van der Waals surface area contributed by atoms with E-state index in [1.165, 1.54) is 18.2 Å². The Kier molecular flexibility index (Phi) is 5.00. The van der Waals surface area contributed by atoms with Crippen molar-refractivity contribution in [1.29, 1.82) is 0 Å². The predicted molar refractivity (Wildman–Crippen MR) is 78.1 cm³/mol. The molecule has 0 spiro atoms. The molecule has 0 fully saturated rings. The zero-order valence-electron chi connectivity index (χ0n) is 10.7. The van der Waals surface area contributed by atoms with Crippen LogP contribution in [-0.2, 0) is 6.61 Å². The predicted octanol–water partition coefficient (Wildman–Crippen LogP) is 3.37. The van der Waals surface area contributed by atoms with Crippen LogP contribution in [0.5, 0.6) is 5.75 Å². The van der Waals surface area contributed by atoms with Gasteiger partial charge in [-0.2, -0.15) is 0 Å². The molecule has 0 aliphatic rings. The van der Waals surface area contributed by atoms with E-state index in [1.54, 1.807) is 0 Å². The molecule has 102 valence electrons. The van der Waals surface area contributed by atoms with Crippen molar-refractivity contribution in [2.75, 3.05) is 6.54 Å². The van der Waals surface area contributed by atoms with Crippen molar-refractivity contribution in [1.82, 2.24) is 0 Å². The van der Waals surface area contributed by atoms with Crippen LogP contribution in [0.25, 0.3) is 0 Å². The third-order valence-electron chi connectivity index (χ3n) is 2.55. The van der Waals surface area contributed by atoms with Crippen LogP contribution < -0.4 is 10.5 Å². The zero-order valence-corrected chi connectivity index (χ0v) is 11.5. The van der Waals surface area contributed by atoms with Gasteiger partial charge in [0.2, 0.25) is 0 Å². The molecule has 0 saturated heterocycles. The smallest absolute Gasteiger partial charge is 0.138 e. The first-order valence-corrected chi connectivity index (χ1v) is 6.42. The SMILES string of the molecule is NCC#Cc1cccc(COc2ccc(F)cc2Cl)c1. The molecule has 0 aromatic heterocycles. The molecular formula is C16H13ClFNO. The number of halogens is 2. The molecule has 4 heteroatoms. The summed E-state index contributed by atoms with van der Waals surface area (Å²) in [5, 5.41) is 0.254. The second-order valence-corrected chi connectivity index (χ2v) is 4.48. The molecule has 2 aromatic carbocycles. The fourth-order valence-corrected chi connectivity index (χ4v) is 1.87. The maximum absolute atomic E-state index is 12.9. The lowest BCUT2D eigenvalue weighted by Crippen LogP contribution is -1.97. The van der Waals surface area contributed by atoms with Gasteiger partial charge in [0.05, 0.1) is 11.6 Å². The van der Waals surface area contributed by atoms with E-state index in [2.05, 4.69) is 11.8 Å². The lowest BCUT2D eigenvalue weighted by Gasteiger charge is -2.08. The number of ether oxygens (including phenoxy) is 1. The van der Waals surface area contributed by atoms with Gasteiger partial charge in [-0.05, 0) is 35.9 Å². The highest BCUT2D eigenvalue weighted by Crippen LogP contribution is 2.25. The minimum atomic E-state index is -0.388. The summed E-state index contributed by atoms with van der Waals surface area (Å²) in [5.41, 5.74) is 7.16. The molecule has 2 rings (SSSR count). The van der Waals surface area contributed by atoms with E-state index < -0.39 is 0 Å². The molecule has 0 amide bonds. The van der Waals surface area contributed by atoms with E-state index in [0.717, 1.165) is 11.1 Å². The highest BCUT2D eigenvalue weighted by atomic mass is 35.5. The number of rotatable bonds is 3. The molecule has 0 bridgehead atoms. The Balaban J connectivity index is 2.07. The van der Waals surface area contributed by atoms with Gasteiger partial charge in [0, 0.05) is 5.56 Å². The Hall–Kier alpha value is -2.02. The first kappa shape index (κ1) is 14.4. The molecule has 2 N–H and O–H groups in total. The van der Waals surface area contributed by atoms with Crippen molar-refractivity contribution in [3.8, 4) is 17.6 Å². The van der Waals surface area contributed by atoms with Crippen LogP contribution in [0.3, 0.4) is 0 Å². The van der Waals surface area contributed by atoms with Crippen LogP contribution in [0.1, 0.15) is 11.1 Å². The second kappa shape index (κ2) is 6.95. The van der Waals surface area contributed by atoms with Gasteiger partial charge in [0.25, 0.3) is 0 Å². The summed E-state index contributed by atoms with van der Waals surface area (Å²) < 4.78 is 18.5. The summed E-state index contributed by atoms with van der Waals surface area (Å²) in [5.74, 6) is 5.81. The van der Waals surface area contributed by atoms with Gasteiger partial charge < -0.3 is 10.5 Å². The third-order valence-corrected chi connectivity index (χ3v) is 2.85. The lowest BCUT2D eigenvalue weighted by molar-refractivity contribution is 0.306. The van der Waals surface area contributed by atoms with Crippen molar-refractivity contribution >= 4 is 11.6 Å². The summed E-state index contributed by atoms with van der Waals surface area (Å²) in [6.07, 6.45) is 0. The molecule has 2 aromatic rings. The maximum atomic E-state index is 12.9. The fourth-order valence-electron chi connectivity index (χ4n) is 1.65. The van der Waals surface area contributed by atoms with E-state index in [-0.39, 0.29) is 10.8 Å². The van der Waals surface area contributed by atoms with E-state index in [1.807, 2.05) is 24.3 Å². The van der Waals surface area contributed by atoms with Crippen molar-refractivity contribution in [2.45, 2.75) is 6.61 Å². The van der Waals surface area contributed by atoms with Crippen LogP contribution in [-0.4, -0.2) is 6.54 Å². The summed E-state index contributed by atoms with van der Waals surface area (Å²) >= 11 is 5.89. The summed E-state index contributed by atoms with van der Waals surface area (Å²) in [6, 6.07) is 11.7. The van der Waals surface area contributed by atoms with E-state index >= 15 is 0 Å². The van der Waals surface area contributed by atoms with Gasteiger partial charge in [0.15, 0.2) is 0 Å². The second-order valence-electron chi connectivity index (χ2n) is 4.07. The van der Waals surface area contributed by atoms with Gasteiger partial charge >= 0.3 is 0 Å². The lowest BCUT2D eigenvalue weighted by atomic mass is 10.1. The Morgan fingerprint density at radius 1 is 1.20 bits per heavy atom. The zero-order chi connectivity index (χ0) is 14.4. The average Bonchev–Trinajstić information content (AvgIpc) is 2.45. The molecule has 2 nitrogen and oxygen atoms in total. The summed E-state index contributed by atoms with van der Waals surface area (Å²) in [6.45, 7) is 0.662. The number of hydrogen-bond acceptors (Lipinski definition) is 2. The molecule has 0 radical (unpaired) electrons. The van der Waals surface area contributed by atoms with Crippen molar-refractivity contribution in [3.63, 3.8) is 0 Å². The first-order chi connectivity index (χ1) is 9.69. The van der Waals surface area contributed by atoms with Crippen LogP contribution in [0.4, 0.5) is 4.39 Å². The normalized spacial score (nSPS) is 9.75. The maximum Gasteiger partial charge on any atom is 0.138 e. The van der Waals surface area contributed by atoms with Crippen molar-refractivity contribution in [2.24, 2.45) is 5.73 Å². The molecular weight excluding hydrogens is 277 g/mol. The summed E-state index contributed by atoms with van der Waals surface area (Å²) in [7, 11) is 0. The average molecular weight is 290 g/mol. The standard InChI is InChI=1S/C16H13ClFNO/c17-15-10-14(18)6-7-16(15)20-11-13-4-1-3-12(9-13)5-2-8-19/h1,3-4,6-7,9-10H,8,11,19H2. The highest BCUT2D eigenvalue weighted by Gasteiger charge is 2.03.